The number of nitrogens with zero attached hydrogens (tertiary/aromatic N) is 4. The van der Waals surface area contributed by atoms with Gasteiger partial charge in [-0.3, -0.25) is 4.79 Å². The second kappa shape index (κ2) is 7.89. The molecule has 0 saturated carbocycles. The molecule has 3 rings (SSSR count). The first-order chi connectivity index (χ1) is 12.1. The second-order valence-corrected chi connectivity index (χ2v) is 6.41. The third kappa shape index (κ3) is 4.42. The summed E-state index contributed by atoms with van der Waals surface area (Å²) in [6, 6.07) is 15.5. The Balaban J connectivity index is 1.75. The van der Waals surface area contributed by atoms with Gasteiger partial charge in [0, 0.05) is 13.6 Å². The number of amides is 1. The van der Waals surface area contributed by atoms with Crippen LogP contribution in [-0.4, -0.2) is 26.1 Å². The minimum absolute atomic E-state index is 0.163. The summed E-state index contributed by atoms with van der Waals surface area (Å²) in [7, 11) is 1.72. The summed E-state index contributed by atoms with van der Waals surface area (Å²) in [5, 5.41) is 14.3. The second-order valence-electron chi connectivity index (χ2n) is 5.34. The molecule has 0 bridgehead atoms. The van der Waals surface area contributed by atoms with E-state index in [4.69, 9.17) is 0 Å². The average molecular weight is 357 g/mol. The summed E-state index contributed by atoms with van der Waals surface area (Å²) >= 11 is 1.28. The zero-order valence-corrected chi connectivity index (χ0v) is 14.3. The number of aromatic nitrogens is 4. The van der Waals surface area contributed by atoms with E-state index in [1.54, 1.807) is 19.2 Å². The lowest BCUT2D eigenvalue weighted by Crippen LogP contribution is -2.27. The van der Waals surface area contributed by atoms with E-state index in [-0.39, 0.29) is 11.7 Å². The van der Waals surface area contributed by atoms with Gasteiger partial charge in [0.1, 0.15) is 11.1 Å². The van der Waals surface area contributed by atoms with Crippen LogP contribution in [0.1, 0.15) is 16.4 Å². The summed E-state index contributed by atoms with van der Waals surface area (Å²) in [4.78, 5) is 12.7. The Bertz CT molecular complexity index is 838. The van der Waals surface area contributed by atoms with Gasteiger partial charge in [0.15, 0.2) is 0 Å². The zero-order valence-electron chi connectivity index (χ0n) is 13.5. The molecule has 2 aromatic carbocycles. The van der Waals surface area contributed by atoms with E-state index in [2.05, 4.69) is 20.8 Å². The van der Waals surface area contributed by atoms with Crippen LogP contribution in [0, 0.1) is 5.82 Å². The Hall–Kier alpha value is -2.74. The van der Waals surface area contributed by atoms with Crippen LogP contribution in [0.3, 0.4) is 0 Å². The quantitative estimate of drug-likeness (QED) is 0.686. The molecular formula is C17H16FN5OS. The standard InChI is InChI=1S/C17H16FN5OS/c1-23-17(20-21-22-23)25-15(13-5-3-2-4-6-13)16(24)19-11-12-7-9-14(18)10-8-12/h2-10,15H,11H2,1H3,(H,19,24)/t15-/m0/s1. The molecule has 8 heteroatoms. The van der Waals surface area contributed by atoms with Crippen LogP contribution in [0.4, 0.5) is 4.39 Å². The summed E-state index contributed by atoms with van der Waals surface area (Å²) in [5.74, 6) is -0.467. The Morgan fingerprint density at radius 2 is 1.92 bits per heavy atom. The van der Waals surface area contributed by atoms with Crippen molar-refractivity contribution in [3.05, 3.63) is 71.5 Å². The van der Waals surface area contributed by atoms with E-state index in [1.165, 1.54) is 28.6 Å². The van der Waals surface area contributed by atoms with E-state index in [9.17, 15) is 9.18 Å². The first-order valence-corrected chi connectivity index (χ1v) is 8.47. The number of hydrogen-bond acceptors (Lipinski definition) is 5. The highest BCUT2D eigenvalue weighted by molar-refractivity contribution is 8.00. The number of rotatable bonds is 6. The largest absolute Gasteiger partial charge is 0.351 e. The third-order valence-electron chi connectivity index (χ3n) is 3.52. The number of carbonyl (C=O) groups is 1. The van der Waals surface area contributed by atoms with Crippen LogP contribution in [0.15, 0.2) is 59.8 Å². The number of nitrogens with one attached hydrogen (secondary N) is 1. The van der Waals surface area contributed by atoms with Crippen molar-refractivity contribution in [3.8, 4) is 0 Å². The van der Waals surface area contributed by atoms with Crippen molar-refractivity contribution in [2.45, 2.75) is 17.0 Å². The number of tetrazole rings is 1. The molecule has 1 amide bonds. The van der Waals surface area contributed by atoms with Crippen LogP contribution in [-0.2, 0) is 18.4 Å². The fourth-order valence-electron chi connectivity index (χ4n) is 2.21. The number of halogens is 1. The first kappa shape index (κ1) is 17.1. The highest BCUT2D eigenvalue weighted by Crippen LogP contribution is 2.33. The molecule has 0 aliphatic rings. The molecule has 25 heavy (non-hydrogen) atoms. The number of carbonyl (C=O) groups excluding carboxylic acids is 1. The Morgan fingerprint density at radius 1 is 1.20 bits per heavy atom. The average Bonchev–Trinajstić information content (AvgIpc) is 3.04. The molecule has 0 saturated heterocycles. The van der Waals surface area contributed by atoms with Crippen molar-refractivity contribution in [3.63, 3.8) is 0 Å². The molecule has 1 N–H and O–H groups in total. The summed E-state index contributed by atoms with van der Waals surface area (Å²) in [6.45, 7) is 0.320. The minimum Gasteiger partial charge on any atom is -0.351 e. The molecule has 0 aliphatic heterocycles. The fourth-order valence-corrected chi connectivity index (χ4v) is 3.18. The molecule has 0 unspecified atom stereocenters. The van der Waals surface area contributed by atoms with Crippen molar-refractivity contribution in [1.29, 1.82) is 0 Å². The lowest BCUT2D eigenvalue weighted by Gasteiger charge is -2.16. The molecule has 3 aromatic rings. The van der Waals surface area contributed by atoms with Crippen LogP contribution >= 0.6 is 11.8 Å². The first-order valence-electron chi connectivity index (χ1n) is 7.59. The number of thioether (sulfide) groups is 1. The molecule has 0 radical (unpaired) electrons. The molecular weight excluding hydrogens is 341 g/mol. The third-order valence-corrected chi connectivity index (χ3v) is 4.80. The lowest BCUT2D eigenvalue weighted by molar-refractivity contribution is -0.120. The van der Waals surface area contributed by atoms with Crippen molar-refractivity contribution < 1.29 is 9.18 Å². The van der Waals surface area contributed by atoms with Gasteiger partial charge in [-0.1, -0.05) is 54.2 Å². The number of benzene rings is 2. The predicted octanol–water partition coefficient (Wildman–Crippen LogP) is 2.50. The lowest BCUT2D eigenvalue weighted by atomic mass is 10.1. The highest BCUT2D eigenvalue weighted by Gasteiger charge is 2.24. The number of aryl methyl sites for hydroxylation is 1. The SMILES string of the molecule is Cn1nnnc1S[C@H](C(=O)NCc1ccc(F)cc1)c1ccccc1. The monoisotopic (exact) mass is 357 g/mol. The summed E-state index contributed by atoms with van der Waals surface area (Å²) in [6.07, 6.45) is 0. The van der Waals surface area contributed by atoms with Crippen LogP contribution in [0.25, 0.3) is 0 Å². The van der Waals surface area contributed by atoms with Crippen LogP contribution in [0.5, 0.6) is 0 Å². The van der Waals surface area contributed by atoms with Crippen LogP contribution < -0.4 is 5.32 Å². The van der Waals surface area contributed by atoms with E-state index in [1.807, 2.05) is 30.3 Å². The van der Waals surface area contributed by atoms with E-state index < -0.39 is 5.25 Å². The topological polar surface area (TPSA) is 72.7 Å². The maximum Gasteiger partial charge on any atom is 0.238 e. The molecule has 1 heterocycles. The van der Waals surface area contributed by atoms with Gasteiger partial charge in [-0.15, -0.1) is 5.10 Å². The van der Waals surface area contributed by atoms with Crippen molar-refractivity contribution >= 4 is 17.7 Å². The van der Waals surface area contributed by atoms with Crippen LogP contribution in [0.2, 0.25) is 0 Å². The Morgan fingerprint density at radius 3 is 2.56 bits per heavy atom. The fraction of sp³-hybridized carbons (Fsp3) is 0.176. The maximum atomic E-state index is 13.0. The summed E-state index contributed by atoms with van der Waals surface area (Å²) in [5.41, 5.74) is 1.68. The molecule has 0 fully saturated rings. The van der Waals surface area contributed by atoms with Gasteiger partial charge in [-0.25, -0.2) is 9.07 Å². The van der Waals surface area contributed by atoms with Crippen molar-refractivity contribution in [2.75, 3.05) is 0 Å². The van der Waals surface area contributed by atoms with E-state index in [0.717, 1.165) is 11.1 Å². The predicted molar refractivity (Wildman–Crippen MR) is 92.1 cm³/mol. The molecule has 6 nitrogen and oxygen atoms in total. The van der Waals surface area contributed by atoms with Gasteiger partial charge in [0.2, 0.25) is 11.1 Å². The van der Waals surface area contributed by atoms with Gasteiger partial charge in [0.05, 0.1) is 0 Å². The highest BCUT2D eigenvalue weighted by atomic mass is 32.2. The van der Waals surface area contributed by atoms with Gasteiger partial charge in [-0.05, 0) is 33.7 Å². The molecule has 0 spiro atoms. The molecule has 128 valence electrons. The maximum absolute atomic E-state index is 13.0. The zero-order chi connectivity index (χ0) is 17.6. The minimum atomic E-state index is -0.494. The Kier molecular flexibility index (Phi) is 5.39. The van der Waals surface area contributed by atoms with Gasteiger partial charge >= 0.3 is 0 Å². The number of hydrogen-bond donors (Lipinski definition) is 1. The van der Waals surface area contributed by atoms with Gasteiger partial charge in [0.25, 0.3) is 0 Å². The summed E-state index contributed by atoms with van der Waals surface area (Å²) < 4.78 is 14.5. The van der Waals surface area contributed by atoms with E-state index >= 15 is 0 Å². The van der Waals surface area contributed by atoms with Gasteiger partial charge in [-0.2, -0.15) is 0 Å². The van der Waals surface area contributed by atoms with Crippen molar-refractivity contribution in [1.82, 2.24) is 25.5 Å². The van der Waals surface area contributed by atoms with Gasteiger partial charge < -0.3 is 5.32 Å². The molecule has 1 aromatic heterocycles. The Labute approximate surface area is 148 Å². The van der Waals surface area contributed by atoms with Crippen molar-refractivity contribution in [2.24, 2.45) is 7.05 Å². The molecule has 1 atom stereocenters. The normalized spacial score (nSPS) is 11.9. The molecule has 0 aliphatic carbocycles. The smallest absolute Gasteiger partial charge is 0.238 e. The van der Waals surface area contributed by atoms with E-state index in [0.29, 0.717) is 11.7 Å².